The second-order valence-corrected chi connectivity index (χ2v) is 8.26. The summed E-state index contributed by atoms with van der Waals surface area (Å²) >= 11 is 0. The highest BCUT2D eigenvalue weighted by Gasteiger charge is 2.39. The van der Waals surface area contributed by atoms with Crippen LogP contribution in [0.5, 0.6) is 0 Å². The molecular weight excluding hydrogens is 390 g/mol. The van der Waals surface area contributed by atoms with Gasteiger partial charge in [0.05, 0.1) is 5.92 Å². The first-order chi connectivity index (χ1) is 14.9. The molecular formula is C25H31N3O3. The first-order valence-electron chi connectivity index (χ1n) is 10.8. The van der Waals surface area contributed by atoms with Gasteiger partial charge in [-0.25, -0.2) is 0 Å². The summed E-state index contributed by atoms with van der Waals surface area (Å²) in [6, 6.07) is 10.1. The fourth-order valence-electron chi connectivity index (χ4n) is 4.17. The molecule has 0 aromatic heterocycles. The third kappa shape index (κ3) is 5.32. The topological polar surface area (TPSA) is 69.7 Å². The minimum atomic E-state index is -0.433. The summed E-state index contributed by atoms with van der Waals surface area (Å²) in [4.78, 5) is 39.6. The fourth-order valence-corrected chi connectivity index (χ4v) is 4.17. The maximum Gasteiger partial charge on any atom is 0.291 e. The normalized spacial score (nSPS) is 22.5. The molecule has 4 rings (SSSR count). The van der Waals surface area contributed by atoms with Crippen molar-refractivity contribution in [3.05, 3.63) is 71.0 Å². The molecule has 3 aliphatic rings. The van der Waals surface area contributed by atoms with E-state index in [0.29, 0.717) is 26.2 Å². The number of hydrogen-bond acceptors (Lipinski definition) is 4. The number of fused-ring (bicyclic) bond motifs is 1. The first-order valence-corrected chi connectivity index (χ1v) is 10.8. The van der Waals surface area contributed by atoms with Crippen molar-refractivity contribution in [3.8, 4) is 0 Å². The minimum absolute atomic E-state index is 0.142. The lowest BCUT2D eigenvalue weighted by molar-refractivity contribution is -0.149. The lowest BCUT2D eigenvalue weighted by Gasteiger charge is -2.38. The predicted molar refractivity (Wildman–Crippen MR) is 121 cm³/mol. The number of carbonyl (C=O) groups is 3. The Morgan fingerprint density at radius 2 is 1.87 bits per heavy atom. The number of nitrogens with one attached hydrogen (secondary N) is 1. The zero-order valence-corrected chi connectivity index (χ0v) is 18.5. The maximum absolute atomic E-state index is 12.8. The zero-order valence-electron chi connectivity index (χ0n) is 18.5. The highest BCUT2D eigenvalue weighted by atomic mass is 16.2. The highest BCUT2D eigenvalue weighted by molar-refractivity contribution is 6.37. The van der Waals surface area contributed by atoms with E-state index in [2.05, 4.69) is 30.4 Å². The molecule has 2 amide bonds. The van der Waals surface area contributed by atoms with Gasteiger partial charge in [0.1, 0.15) is 0 Å². The third-order valence-corrected chi connectivity index (χ3v) is 5.92. The van der Waals surface area contributed by atoms with Crippen molar-refractivity contribution in [3.63, 3.8) is 0 Å². The largest absolute Gasteiger partial charge is 0.384 e. The van der Waals surface area contributed by atoms with E-state index in [0.717, 1.165) is 29.7 Å². The number of carbonyl (C=O) groups excluding carboxylic acids is 3. The van der Waals surface area contributed by atoms with Crippen molar-refractivity contribution in [1.29, 1.82) is 0 Å². The smallest absolute Gasteiger partial charge is 0.291 e. The molecule has 6 nitrogen and oxygen atoms in total. The van der Waals surface area contributed by atoms with E-state index in [9.17, 15) is 14.4 Å². The molecule has 1 aromatic carbocycles. The zero-order chi connectivity index (χ0) is 22.4. The van der Waals surface area contributed by atoms with Gasteiger partial charge in [-0.15, -0.1) is 0 Å². The van der Waals surface area contributed by atoms with Crippen LogP contribution in [0, 0.1) is 12.8 Å². The second-order valence-electron chi connectivity index (χ2n) is 8.26. The molecule has 1 aliphatic carbocycles. The molecule has 6 heteroatoms. The quantitative estimate of drug-likeness (QED) is 0.602. The molecule has 2 fully saturated rings. The van der Waals surface area contributed by atoms with Crippen LogP contribution in [0.1, 0.15) is 25.8 Å². The van der Waals surface area contributed by atoms with Gasteiger partial charge >= 0.3 is 0 Å². The number of piperazine rings is 1. The van der Waals surface area contributed by atoms with Gasteiger partial charge in [0.15, 0.2) is 0 Å². The monoisotopic (exact) mass is 421 g/mol. The Labute approximate surface area is 184 Å². The number of hydrogen-bond donors (Lipinski definition) is 1. The van der Waals surface area contributed by atoms with Gasteiger partial charge in [0, 0.05) is 37.9 Å². The van der Waals surface area contributed by atoms with E-state index >= 15 is 0 Å². The summed E-state index contributed by atoms with van der Waals surface area (Å²) < 4.78 is 0. The van der Waals surface area contributed by atoms with Gasteiger partial charge in [-0.2, -0.15) is 0 Å². The number of benzene rings is 1. The van der Waals surface area contributed by atoms with Crippen LogP contribution < -0.4 is 5.32 Å². The number of nitrogens with zero attached hydrogens (tertiary/aromatic N) is 2. The molecule has 31 heavy (non-hydrogen) atoms. The van der Waals surface area contributed by atoms with E-state index in [-0.39, 0.29) is 11.8 Å². The first kappa shape index (κ1) is 22.5. The summed E-state index contributed by atoms with van der Waals surface area (Å²) in [7, 11) is 0. The predicted octanol–water partition coefficient (Wildman–Crippen LogP) is 2.62. The molecule has 2 atom stereocenters. The van der Waals surface area contributed by atoms with E-state index in [1.165, 1.54) is 5.56 Å². The fraction of sp³-hybridized carbons (Fsp3) is 0.400. The van der Waals surface area contributed by atoms with Crippen molar-refractivity contribution in [1.82, 2.24) is 15.1 Å². The van der Waals surface area contributed by atoms with Crippen molar-refractivity contribution < 1.29 is 14.4 Å². The van der Waals surface area contributed by atoms with E-state index in [1.807, 2.05) is 44.2 Å². The van der Waals surface area contributed by atoms with E-state index in [1.54, 1.807) is 9.80 Å². The Morgan fingerprint density at radius 3 is 2.48 bits per heavy atom. The van der Waals surface area contributed by atoms with Gasteiger partial charge < -0.3 is 15.1 Å². The summed E-state index contributed by atoms with van der Waals surface area (Å²) in [6.45, 7) is 7.80. The van der Waals surface area contributed by atoms with E-state index in [4.69, 9.17) is 0 Å². The Morgan fingerprint density at radius 1 is 1.13 bits per heavy atom. The molecule has 2 heterocycles. The van der Waals surface area contributed by atoms with Crippen LogP contribution in [0.15, 0.2) is 65.4 Å². The second kappa shape index (κ2) is 10.2. The van der Waals surface area contributed by atoms with Crippen LogP contribution in [0.25, 0.3) is 0 Å². The Balaban J connectivity index is 0.000000330. The standard InChI is InChI=1S/C18H23N3O3.C7H8/c1-12-5-3-4-6-14-15(9-19-16(12)14)17(23)18(24)21-8-7-20(11-22)10-13(21)2;1-7-5-3-2-4-6-7/h3,5-6,11,13,15,19H,4,7-10H2,1-2H3;2-6H,1H3/t13-,15?;/m1./s1. The Kier molecular flexibility index (Phi) is 7.45. The summed E-state index contributed by atoms with van der Waals surface area (Å²) in [5.41, 5.74) is 4.33. The molecule has 0 spiro atoms. The number of aryl methyl sites for hydroxylation is 1. The molecule has 0 bridgehead atoms. The molecule has 1 unspecified atom stereocenters. The highest BCUT2D eigenvalue weighted by Crippen LogP contribution is 2.31. The van der Waals surface area contributed by atoms with E-state index < -0.39 is 11.8 Å². The Bertz CT molecular complexity index is 917. The van der Waals surface area contributed by atoms with Crippen LogP contribution in [-0.2, 0) is 14.4 Å². The van der Waals surface area contributed by atoms with Crippen molar-refractivity contribution in [2.75, 3.05) is 26.2 Å². The van der Waals surface area contributed by atoms with Gasteiger partial charge in [-0.1, -0.05) is 54.1 Å². The van der Waals surface area contributed by atoms with Gasteiger partial charge in [-0.3, -0.25) is 14.4 Å². The number of rotatable bonds is 3. The minimum Gasteiger partial charge on any atom is -0.384 e. The lowest BCUT2D eigenvalue weighted by atomic mass is 9.93. The average Bonchev–Trinajstić information content (AvgIpc) is 3.11. The van der Waals surface area contributed by atoms with Gasteiger partial charge in [-0.05, 0) is 38.3 Å². The molecule has 164 valence electrons. The average molecular weight is 422 g/mol. The number of allylic oxidation sites excluding steroid dienone is 5. The van der Waals surface area contributed by atoms with Crippen LogP contribution >= 0.6 is 0 Å². The SMILES string of the molecule is CC1=C2NCC(C(=O)C(=O)N3CCN(C=O)C[C@H]3C)C2=CCC=C1.Cc1ccccc1. The van der Waals surface area contributed by atoms with Crippen molar-refractivity contribution in [2.24, 2.45) is 5.92 Å². The molecule has 2 aliphatic heterocycles. The molecule has 2 saturated heterocycles. The molecule has 1 N–H and O–H groups in total. The lowest BCUT2D eigenvalue weighted by Crippen LogP contribution is -2.56. The molecule has 0 radical (unpaired) electrons. The summed E-state index contributed by atoms with van der Waals surface area (Å²) in [6.07, 6.45) is 7.70. The molecule has 1 aromatic rings. The molecule has 0 saturated carbocycles. The van der Waals surface area contributed by atoms with Crippen LogP contribution in [0.4, 0.5) is 0 Å². The van der Waals surface area contributed by atoms with Crippen LogP contribution in [0.3, 0.4) is 0 Å². The number of Topliss-reactive ketones (excluding diaryl/α,β-unsaturated/α-hetero) is 1. The van der Waals surface area contributed by atoms with Crippen LogP contribution in [-0.4, -0.2) is 60.1 Å². The third-order valence-electron chi connectivity index (χ3n) is 5.92. The Hall–Kier alpha value is -3.15. The maximum atomic E-state index is 12.8. The van der Waals surface area contributed by atoms with Crippen molar-refractivity contribution >= 4 is 18.1 Å². The van der Waals surface area contributed by atoms with Gasteiger partial charge in [0.25, 0.3) is 5.91 Å². The van der Waals surface area contributed by atoms with Gasteiger partial charge in [0.2, 0.25) is 12.2 Å². The van der Waals surface area contributed by atoms with Crippen LogP contribution in [0.2, 0.25) is 0 Å². The van der Waals surface area contributed by atoms with Crippen molar-refractivity contribution in [2.45, 2.75) is 33.2 Å². The number of amides is 2. The summed E-state index contributed by atoms with van der Waals surface area (Å²) in [5, 5.41) is 3.28. The number of ketones is 1. The summed E-state index contributed by atoms with van der Waals surface area (Å²) in [5.74, 6) is -1.21.